The molecule has 1 saturated carbocycles. The van der Waals surface area contributed by atoms with Crippen molar-refractivity contribution in [1.29, 1.82) is 0 Å². The lowest BCUT2D eigenvalue weighted by atomic mass is 10.2. The van der Waals surface area contributed by atoms with Crippen molar-refractivity contribution in [2.75, 3.05) is 18.1 Å². The lowest BCUT2D eigenvalue weighted by molar-refractivity contribution is 0.253. The molecule has 2 unspecified atom stereocenters. The second-order valence-corrected chi connectivity index (χ2v) is 5.45. The zero-order valence-corrected chi connectivity index (χ0v) is 10.1. The maximum absolute atomic E-state index is 9.15. The van der Waals surface area contributed by atoms with E-state index in [0.717, 1.165) is 11.7 Å². The van der Waals surface area contributed by atoms with Crippen LogP contribution in [0.1, 0.15) is 33.1 Å². The van der Waals surface area contributed by atoms with E-state index in [-0.39, 0.29) is 6.61 Å². The number of aliphatic hydroxyl groups excluding tert-OH is 1. The van der Waals surface area contributed by atoms with Crippen LogP contribution in [0.4, 0.5) is 0 Å². The third kappa shape index (κ3) is 5.23. The van der Waals surface area contributed by atoms with Crippen molar-refractivity contribution in [2.24, 2.45) is 5.92 Å². The first-order valence-electron chi connectivity index (χ1n) is 5.70. The normalized spacial score (nSPS) is 20.8. The van der Waals surface area contributed by atoms with Crippen LogP contribution in [0.2, 0.25) is 0 Å². The van der Waals surface area contributed by atoms with Crippen LogP contribution in [-0.2, 0) is 0 Å². The Morgan fingerprint density at radius 3 is 2.64 bits per heavy atom. The molecule has 1 aliphatic carbocycles. The van der Waals surface area contributed by atoms with Crippen LogP contribution in [-0.4, -0.2) is 35.3 Å². The number of nitrogens with one attached hydrogen (secondary N) is 1. The van der Waals surface area contributed by atoms with Gasteiger partial charge in [-0.25, -0.2) is 0 Å². The molecule has 0 aliphatic heterocycles. The van der Waals surface area contributed by atoms with E-state index in [4.69, 9.17) is 5.11 Å². The molecule has 0 radical (unpaired) electrons. The van der Waals surface area contributed by atoms with Crippen LogP contribution < -0.4 is 5.32 Å². The highest BCUT2D eigenvalue weighted by Crippen LogP contribution is 2.20. The Hall–Kier alpha value is 0.270. The van der Waals surface area contributed by atoms with E-state index in [1.165, 1.54) is 25.0 Å². The van der Waals surface area contributed by atoms with Crippen molar-refractivity contribution in [2.45, 2.75) is 45.2 Å². The molecule has 3 heteroatoms. The Bertz CT molecular complexity index is 150. The van der Waals surface area contributed by atoms with E-state index in [1.54, 1.807) is 0 Å². The minimum atomic E-state index is 0.282. The standard InChI is InChI=1S/C11H23NOS/c1-3-9(2)7-14-8-11(6-13)12-10-4-5-10/h9-13H,3-8H2,1-2H3. The first kappa shape index (κ1) is 12.3. The maximum Gasteiger partial charge on any atom is 0.0592 e. The Morgan fingerprint density at radius 2 is 2.14 bits per heavy atom. The molecule has 14 heavy (non-hydrogen) atoms. The summed E-state index contributed by atoms with van der Waals surface area (Å²) in [5, 5.41) is 12.6. The molecule has 2 nitrogen and oxygen atoms in total. The summed E-state index contributed by atoms with van der Waals surface area (Å²) in [6.07, 6.45) is 3.85. The first-order valence-corrected chi connectivity index (χ1v) is 6.86. The fourth-order valence-corrected chi connectivity index (χ4v) is 2.53. The second-order valence-electron chi connectivity index (χ2n) is 4.37. The summed E-state index contributed by atoms with van der Waals surface area (Å²) in [7, 11) is 0. The Kier molecular flexibility index (Phi) is 5.90. The lowest BCUT2D eigenvalue weighted by Crippen LogP contribution is -2.36. The van der Waals surface area contributed by atoms with Crippen molar-refractivity contribution in [3.8, 4) is 0 Å². The molecule has 1 rings (SSSR count). The molecule has 1 fully saturated rings. The second kappa shape index (κ2) is 6.70. The fourth-order valence-electron chi connectivity index (χ4n) is 1.27. The SMILES string of the molecule is CCC(C)CSCC(CO)NC1CC1. The van der Waals surface area contributed by atoms with Crippen molar-refractivity contribution in [3.05, 3.63) is 0 Å². The Labute approximate surface area is 91.9 Å². The monoisotopic (exact) mass is 217 g/mol. The van der Waals surface area contributed by atoms with Gasteiger partial charge in [0.2, 0.25) is 0 Å². The van der Waals surface area contributed by atoms with Gasteiger partial charge in [-0.15, -0.1) is 0 Å². The van der Waals surface area contributed by atoms with Crippen LogP contribution >= 0.6 is 11.8 Å². The summed E-state index contributed by atoms with van der Waals surface area (Å²) < 4.78 is 0. The smallest absolute Gasteiger partial charge is 0.0592 e. The van der Waals surface area contributed by atoms with Gasteiger partial charge in [0.15, 0.2) is 0 Å². The fraction of sp³-hybridized carbons (Fsp3) is 1.00. The molecule has 0 aromatic carbocycles. The molecule has 2 N–H and O–H groups in total. The molecule has 1 aliphatic rings. The van der Waals surface area contributed by atoms with Crippen molar-refractivity contribution in [3.63, 3.8) is 0 Å². The molecule has 84 valence electrons. The van der Waals surface area contributed by atoms with E-state index >= 15 is 0 Å². The van der Waals surface area contributed by atoms with Gasteiger partial charge >= 0.3 is 0 Å². The van der Waals surface area contributed by atoms with Crippen LogP contribution in [0.3, 0.4) is 0 Å². The number of aliphatic hydroxyl groups is 1. The first-order chi connectivity index (χ1) is 6.76. The predicted octanol–water partition coefficient (Wildman–Crippen LogP) is 1.88. The van der Waals surface area contributed by atoms with Crippen molar-refractivity contribution < 1.29 is 5.11 Å². The molecule has 0 aromatic heterocycles. The van der Waals surface area contributed by atoms with Crippen LogP contribution in [0, 0.1) is 5.92 Å². The minimum Gasteiger partial charge on any atom is -0.395 e. The molecule has 2 atom stereocenters. The van der Waals surface area contributed by atoms with Crippen LogP contribution in [0.25, 0.3) is 0 Å². The summed E-state index contributed by atoms with van der Waals surface area (Å²) in [6.45, 7) is 4.80. The minimum absolute atomic E-state index is 0.282. The number of hydrogen-bond acceptors (Lipinski definition) is 3. The number of thioether (sulfide) groups is 1. The summed E-state index contributed by atoms with van der Waals surface area (Å²) in [5.41, 5.74) is 0. The van der Waals surface area contributed by atoms with Crippen LogP contribution in [0.5, 0.6) is 0 Å². The quantitative estimate of drug-likeness (QED) is 0.651. The van der Waals surface area contributed by atoms with Gasteiger partial charge in [-0.2, -0.15) is 11.8 Å². The third-order valence-corrected chi connectivity index (χ3v) is 4.13. The van der Waals surface area contributed by atoms with Gasteiger partial charge in [0, 0.05) is 17.8 Å². The average molecular weight is 217 g/mol. The van der Waals surface area contributed by atoms with E-state index in [2.05, 4.69) is 19.2 Å². The third-order valence-electron chi connectivity index (χ3n) is 2.69. The summed E-state index contributed by atoms with van der Waals surface area (Å²) >= 11 is 1.97. The number of hydrogen-bond donors (Lipinski definition) is 2. The van der Waals surface area contributed by atoms with Crippen molar-refractivity contribution >= 4 is 11.8 Å². The summed E-state index contributed by atoms with van der Waals surface area (Å²) in [5.74, 6) is 3.08. The predicted molar refractivity (Wildman–Crippen MR) is 63.8 cm³/mol. The van der Waals surface area contributed by atoms with E-state index in [1.807, 2.05) is 11.8 Å². The van der Waals surface area contributed by atoms with Gasteiger partial charge in [0.1, 0.15) is 0 Å². The molecule has 0 aromatic rings. The summed E-state index contributed by atoms with van der Waals surface area (Å²) in [4.78, 5) is 0. The Balaban J connectivity index is 2.01. The molecule has 0 bridgehead atoms. The highest BCUT2D eigenvalue weighted by Gasteiger charge is 2.23. The molecular formula is C11H23NOS. The Morgan fingerprint density at radius 1 is 1.43 bits per heavy atom. The number of rotatable bonds is 8. The van der Waals surface area contributed by atoms with Gasteiger partial charge in [-0.3, -0.25) is 0 Å². The van der Waals surface area contributed by atoms with Gasteiger partial charge in [0.25, 0.3) is 0 Å². The topological polar surface area (TPSA) is 32.3 Å². The van der Waals surface area contributed by atoms with Crippen LogP contribution in [0.15, 0.2) is 0 Å². The molecular weight excluding hydrogens is 194 g/mol. The molecule has 0 amide bonds. The van der Waals surface area contributed by atoms with E-state index in [9.17, 15) is 0 Å². The largest absolute Gasteiger partial charge is 0.395 e. The molecule has 0 saturated heterocycles. The average Bonchev–Trinajstić information content (AvgIpc) is 2.99. The van der Waals surface area contributed by atoms with Gasteiger partial charge in [0.05, 0.1) is 6.61 Å². The van der Waals surface area contributed by atoms with E-state index < -0.39 is 0 Å². The van der Waals surface area contributed by atoms with Gasteiger partial charge in [-0.05, 0) is 24.5 Å². The lowest BCUT2D eigenvalue weighted by Gasteiger charge is -2.16. The highest BCUT2D eigenvalue weighted by atomic mass is 32.2. The van der Waals surface area contributed by atoms with Gasteiger partial charge in [-0.1, -0.05) is 20.3 Å². The highest BCUT2D eigenvalue weighted by molar-refractivity contribution is 7.99. The molecule has 0 spiro atoms. The van der Waals surface area contributed by atoms with E-state index in [0.29, 0.717) is 12.1 Å². The summed E-state index contributed by atoms with van der Waals surface area (Å²) in [6, 6.07) is 1.02. The van der Waals surface area contributed by atoms with Gasteiger partial charge < -0.3 is 10.4 Å². The zero-order chi connectivity index (χ0) is 10.4. The van der Waals surface area contributed by atoms with Crippen molar-refractivity contribution in [1.82, 2.24) is 5.32 Å². The maximum atomic E-state index is 9.15. The zero-order valence-electron chi connectivity index (χ0n) is 9.33. The molecule has 0 heterocycles.